The number of anilines is 2. The van der Waals surface area contributed by atoms with Gasteiger partial charge in [0.05, 0.1) is 16.2 Å². The van der Waals surface area contributed by atoms with Crippen molar-refractivity contribution in [1.29, 1.82) is 0 Å². The van der Waals surface area contributed by atoms with Crippen molar-refractivity contribution in [2.45, 2.75) is 19.5 Å². The maximum Gasteiger partial charge on any atom is 0.239 e. The van der Waals surface area contributed by atoms with E-state index in [1.165, 1.54) is 6.07 Å². The number of carbonyl (C=O) groups is 1. The molecule has 4 N–H and O–H groups in total. The fourth-order valence-corrected chi connectivity index (χ4v) is 3.39. The van der Waals surface area contributed by atoms with Crippen molar-refractivity contribution in [1.82, 2.24) is 15.0 Å². The number of aromatic nitrogens is 3. The molecule has 0 fully saturated rings. The highest BCUT2D eigenvalue weighted by Gasteiger charge is 2.12. The summed E-state index contributed by atoms with van der Waals surface area (Å²) in [6, 6.07) is 11.7. The van der Waals surface area contributed by atoms with Crippen LogP contribution in [-0.2, 0) is 11.3 Å². The second-order valence-electron chi connectivity index (χ2n) is 7.22. The Morgan fingerprint density at radius 1 is 1.09 bits per heavy atom. The molecule has 0 radical (unpaired) electrons. The first-order valence-corrected chi connectivity index (χ1v) is 10.2. The zero-order chi connectivity index (χ0) is 22.7. The van der Waals surface area contributed by atoms with E-state index < -0.39 is 11.9 Å². The predicted molar refractivity (Wildman–Crippen MR) is 124 cm³/mol. The van der Waals surface area contributed by atoms with Crippen LogP contribution < -0.4 is 16.4 Å². The van der Waals surface area contributed by atoms with E-state index in [4.69, 9.17) is 17.3 Å². The molecule has 0 aliphatic heterocycles. The first-order valence-electron chi connectivity index (χ1n) is 9.86. The average molecular weight is 451 g/mol. The fourth-order valence-electron chi connectivity index (χ4n) is 3.17. The first kappa shape index (κ1) is 21.5. The van der Waals surface area contributed by atoms with E-state index in [0.29, 0.717) is 22.2 Å². The van der Waals surface area contributed by atoms with E-state index in [2.05, 4.69) is 25.6 Å². The molecule has 0 aliphatic carbocycles. The molecule has 0 saturated heterocycles. The van der Waals surface area contributed by atoms with Crippen LogP contribution in [0.1, 0.15) is 12.5 Å². The number of carbonyl (C=O) groups excluding carboxylic acids is 1. The number of halogens is 2. The Morgan fingerprint density at radius 3 is 2.56 bits per heavy atom. The van der Waals surface area contributed by atoms with E-state index >= 15 is 0 Å². The summed E-state index contributed by atoms with van der Waals surface area (Å²) in [7, 11) is 0. The van der Waals surface area contributed by atoms with Gasteiger partial charge < -0.3 is 16.4 Å². The maximum atomic E-state index is 14.0. The minimum Gasteiger partial charge on any atom is -0.379 e. The van der Waals surface area contributed by atoms with Gasteiger partial charge in [-0.25, -0.2) is 14.4 Å². The van der Waals surface area contributed by atoms with Gasteiger partial charge in [0.1, 0.15) is 11.9 Å². The fraction of sp³-hybridized carbons (Fsp3) is 0.130. The standard InChI is InChI=1S/C23H20ClFN6O/c1-13(22(26)32)31-23-29-10-16(11-30-23)14-6-7-20-17(8-14)21(18(24)12-27-20)28-9-15-4-2-3-5-19(15)25/h2-8,10-13H,9H2,1H3,(H2,26,32)(H,27,28)(H,29,30,31). The first-order chi connectivity index (χ1) is 15.4. The number of amides is 1. The summed E-state index contributed by atoms with van der Waals surface area (Å²) in [6.45, 7) is 1.91. The van der Waals surface area contributed by atoms with Gasteiger partial charge in [-0.05, 0) is 30.7 Å². The Balaban J connectivity index is 1.64. The number of nitrogens with one attached hydrogen (secondary N) is 2. The highest BCUT2D eigenvalue weighted by molar-refractivity contribution is 6.34. The number of pyridine rings is 1. The van der Waals surface area contributed by atoms with Crippen molar-refractivity contribution < 1.29 is 9.18 Å². The van der Waals surface area contributed by atoms with Crippen LogP contribution in [0, 0.1) is 5.82 Å². The van der Waals surface area contributed by atoms with Gasteiger partial charge in [-0.3, -0.25) is 9.78 Å². The van der Waals surface area contributed by atoms with Gasteiger partial charge in [-0.1, -0.05) is 35.9 Å². The molecule has 162 valence electrons. The molecule has 2 aromatic carbocycles. The number of rotatable bonds is 7. The predicted octanol–water partition coefficient (Wildman–Crippen LogP) is 4.38. The van der Waals surface area contributed by atoms with Crippen LogP contribution in [0.25, 0.3) is 22.0 Å². The lowest BCUT2D eigenvalue weighted by Gasteiger charge is -2.13. The summed E-state index contributed by atoms with van der Waals surface area (Å²) in [4.78, 5) is 24.1. The van der Waals surface area contributed by atoms with Crippen molar-refractivity contribution in [2.75, 3.05) is 10.6 Å². The summed E-state index contributed by atoms with van der Waals surface area (Å²) in [5.41, 5.74) is 8.81. The summed E-state index contributed by atoms with van der Waals surface area (Å²) in [5, 5.41) is 7.29. The Hall–Kier alpha value is -3.78. The minimum atomic E-state index is -0.585. The van der Waals surface area contributed by atoms with Gasteiger partial charge >= 0.3 is 0 Å². The van der Waals surface area contributed by atoms with Gasteiger partial charge in [0.25, 0.3) is 0 Å². The molecule has 9 heteroatoms. The van der Waals surface area contributed by atoms with E-state index in [0.717, 1.165) is 22.0 Å². The van der Waals surface area contributed by atoms with E-state index in [-0.39, 0.29) is 12.4 Å². The Kier molecular flexibility index (Phi) is 6.13. The zero-order valence-electron chi connectivity index (χ0n) is 17.1. The normalized spacial score (nSPS) is 11.8. The molecule has 4 rings (SSSR count). The second-order valence-corrected chi connectivity index (χ2v) is 7.63. The van der Waals surface area contributed by atoms with Crippen molar-refractivity contribution in [3.05, 3.63) is 77.5 Å². The molecular weight excluding hydrogens is 431 g/mol. The van der Waals surface area contributed by atoms with Crippen LogP contribution in [0.4, 0.5) is 16.0 Å². The molecular formula is C23H20ClFN6O. The third-order valence-electron chi connectivity index (χ3n) is 4.99. The summed E-state index contributed by atoms with van der Waals surface area (Å²) >= 11 is 6.41. The minimum absolute atomic E-state index is 0.275. The second kappa shape index (κ2) is 9.15. The highest BCUT2D eigenvalue weighted by Crippen LogP contribution is 2.33. The average Bonchev–Trinajstić information content (AvgIpc) is 2.79. The molecule has 2 heterocycles. The van der Waals surface area contributed by atoms with Crippen LogP contribution >= 0.6 is 11.6 Å². The van der Waals surface area contributed by atoms with Crippen LogP contribution in [-0.4, -0.2) is 26.9 Å². The molecule has 32 heavy (non-hydrogen) atoms. The van der Waals surface area contributed by atoms with Crippen molar-refractivity contribution in [3.8, 4) is 11.1 Å². The monoisotopic (exact) mass is 450 g/mol. The van der Waals surface area contributed by atoms with Crippen LogP contribution in [0.15, 0.2) is 61.1 Å². The number of hydrogen-bond acceptors (Lipinski definition) is 6. The van der Waals surface area contributed by atoms with Crippen molar-refractivity contribution in [3.63, 3.8) is 0 Å². The van der Waals surface area contributed by atoms with Gasteiger partial charge in [0, 0.05) is 41.6 Å². The number of hydrogen-bond donors (Lipinski definition) is 3. The summed E-state index contributed by atoms with van der Waals surface area (Å²) < 4.78 is 14.0. The van der Waals surface area contributed by atoms with Gasteiger partial charge in [-0.2, -0.15) is 0 Å². The Morgan fingerprint density at radius 2 is 1.84 bits per heavy atom. The summed E-state index contributed by atoms with van der Waals surface area (Å²) in [5.74, 6) is -0.475. The number of nitrogens with zero attached hydrogens (tertiary/aromatic N) is 3. The molecule has 0 saturated carbocycles. The smallest absolute Gasteiger partial charge is 0.239 e. The number of primary amides is 1. The lowest BCUT2D eigenvalue weighted by Crippen LogP contribution is -2.33. The van der Waals surface area contributed by atoms with Gasteiger partial charge in [0.15, 0.2) is 0 Å². The largest absolute Gasteiger partial charge is 0.379 e. The van der Waals surface area contributed by atoms with E-state index in [9.17, 15) is 9.18 Å². The SMILES string of the molecule is CC(Nc1ncc(-c2ccc3ncc(Cl)c(NCc4ccccc4F)c3c2)cn1)C(N)=O. The van der Waals surface area contributed by atoms with E-state index in [1.807, 2.05) is 18.2 Å². The van der Waals surface area contributed by atoms with E-state index in [1.54, 1.807) is 43.7 Å². The molecule has 2 aromatic heterocycles. The molecule has 0 spiro atoms. The number of fused-ring (bicyclic) bond motifs is 1. The Labute approximate surface area is 188 Å². The van der Waals surface area contributed by atoms with Crippen molar-refractivity contribution in [2.24, 2.45) is 5.73 Å². The Bertz CT molecular complexity index is 1280. The lowest BCUT2D eigenvalue weighted by molar-refractivity contribution is -0.118. The third-order valence-corrected chi connectivity index (χ3v) is 5.28. The number of benzene rings is 2. The molecule has 0 aliphatic rings. The van der Waals surface area contributed by atoms with Gasteiger partial charge in [-0.15, -0.1) is 0 Å². The van der Waals surface area contributed by atoms with Gasteiger partial charge in [0.2, 0.25) is 11.9 Å². The molecule has 1 unspecified atom stereocenters. The quantitative estimate of drug-likeness (QED) is 0.386. The molecule has 4 aromatic rings. The number of nitrogens with two attached hydrogens (primary N) is 1. The molecule has 7 nitrogen and oxygen atoms in total. The highest BCUT2D eigenvalue weighted by atomic mass is 35.5. The molecule has 0 bridgehead atoms. The van der Waals surface area contributed by atoms with Crippen molar-refractivity contribution >= 4 is 40.0 Å². The summed E-state index contributed by atoms with van der Waals surface area (Å²) in [6.07, 6.45) is 4.86. The lowest BCUT2D eigenvalue weighted by atomic mass is 10.0. The van der Waals surface area contributed by atoms with Crippen LogP contribution in [0.3, 0.4) is 0 Å². The zero-order valence-corrected chi connectivity index (χ0v) is 17.9. The molecule has 1 amide bonds. The van der Waals surface area contributed by atoms with Crippen LogP contribution in [0.2, 0.25) is 5.02 Å². The molecule has 1 atom stereocenters. The third kappa shape index (κ3) is 4.60. The van der Waals surface area contributed by atoms with Crippen LogP contribution in [0.5, 0.6) is 0 Å². The maximum absolute atomic E-state index is 14.0. The topological polar surface area (TPSA) is 106 Å².